The molecule has 270 valence electrons. The average molecular weight is 700 g/mol. The predicted octanol–water partition coefficient (Wildman–Crippen LogP) is 8.31. The van der Waals surface area contributed by atoms with E-state index in [1.807, 2.05) is 42.6 Å². The van der Waals surface area contributed by atoms with Crippen molar-refractivity contribution in [3.8, 4) is 23.0 Å². The number of pyridine rings is 1. The summed E-state index contributed by atoms with van der Waals surface area (Å²) in [6.07, 6.45) is 9.21. The van der Waals surface area contributed by atoms with Gasteiger partial charge in [0.25, 0.3) is 0 Å². The van der Waals surface area contributed by atoms with Crippen LogP contribution in [0.3, 0.4) is 0 Å². The first kappa shape index (κ1) is 34.2. The zero-order valence-electron chi connectivity index (χ0n) is 30.4. The van der Waals surface area contributed by atoms with E-state index >= 15 is 0 Å². The maximum Gasteiger partial charge on any atom is 0.160 e. The highest BCUT2D eigenvalue weighted by Crippen LogP contribution is 2.53. The molecule has 0 amide bonds. The summed E-state index contributed by atoms with van der Waals surface area (Å²) in [6.45, 7) is 10.4. The molecule has 1 aliphatic carbocycles. The number of piperidine rings is 1. The molecule has 3 fully saturated rings. The van der Waals surface area contributed by atoms with E-state index in [1.54, 1.807) is 13.3 Å². The van der Waals surface area contributed by atoms with Gasteiger partial charge in [0.2, 0.25) is 0 Å². The van der Waals surface area contributed by atoms with Crippen LogP contribution in [0.2, 0.25) is 0 Å². The molecule has 3 aromatic carbocycles. The Morgan fingerprint density at radius 1 is 0.981 bits per heavy atom. The largest absolute Gasteiger partial charge is 0.504 e. The number of aldehydes is 1. The van der Waals surface area contributed by atoms with Gasteiger partial charge in [-0.15, -0.1) is 0 Å². The zero-order valence-corrected chi connectivity index (χ0v) is 30.4. The number of nitrogens with one attached hydrogen (secondary N) is 1. The number of phenolic OH excluding ortho intramolecular Hbond substituents is 1. The van der Waals surface area contributed by atoms with Crippen LogP contribution in [0, 0.1) is 5.41 Å². The summed E-state index contributed by atoms with van der Waals surface area (Å²) >= 11 is 0. The number of phenols is 1. The molecule has 9 heteroatoms. The third kappa shape index (κ3) is 6.75. The molecule has 4 heterocycles. The first-order chi connectivity index (χ1) is 25.3. The van der Waals surface area contributed by atoms with Crippen molar-refractivity contribution in [3.05, 3.63) is 107 Å². The van der Waals surface area contributed by atoms with Crippen molar-refractivity contribution in [2.24, 2.45) is 5.41 Å². The van der Waals surface area contributed by atoms with Crippen LogP contribution in [0.5, 0.6) is 23.0 Å². The first-order valence-electron chi connectivity index (χ1n) is 18.7. The summed E-state index contributed by atoms with van der Waals surface area (Å²) in [5.41, 5.74) is 6.80. The molecule has 5 aromatic rings. The number of carbonyl (C=O) groups is 1. The van der Waals surface area contributed by atoms with Gasteiger partial charge in [-0.25, -0.2) is 4.98 Å². The molecule has 8 rings (SSSR count). The highest BCUT2D eigenvalue weighted by atomic mass is 16.5. The lowest BCUT2D eigenvalue weighted by atomic mass is 9.59. The highest BCUT2D eigenvalue weighted by molar-refractivity contribution is 5.81. The minimum absolute atomic E-state index is 0.195. The number of anilines is 1. The van der Waals surface area contributed by atoms with Crippen LogP contribution in [0.25, 0.3) is 11.0 Å². The Bertz CT molecular complexity index is 2040. The van der Waals surface area contributed by atoms with E-state index in [1.165, 1.54) is 24.0 Å². The molecule has 2 N–H and O–H groups in total. The third-order valence-corrected chi connectivity index (χ3v) is 11.9. The number of ether oxygens (including phenoxy) is 2. The van der Waals surface area contributed by atoms with E-state index in [2.05, 4.69) is 74.9 Å². The summed E-state index contributed by atoms with van der Waals surface area (Å²) < 4.78 is 11.5. The van der Waals surface area contributed by atoms with Gasteiger partial charge in [0.1, 0.15) is 17.1 Å². The number of hydrogen-bond acceptors (Lipinski definition) is 8. The lowest BCUT2D eigenvalue weighted by Gasteiger charge is -2.58. The minimum atomic E-state index is 0.195. The van der Waals surface area contributed by atoms with E-state index < -0.39 is 0 Å². The number of hydrogen-bond donors (Lipinski definition) is 2. The maximum atomic E-state index is 11.9. The molecular formula is C43H49N5O4. The van der Waals surface area contributed by atoms with Crippen LogP contribution in [-0.4, -0.2) is 77.0 Å². The second-order valence-corrected chi connectivity index (χ2v) is 15.4. The molecule has 0 bridgehead atoms. The molecule has 0 radical (unpaired) electrons. The highest BCUT2D eigenvalue weighted by Gasteiger charge is 2.50. The standard InChI is InChI=1S/C43H49N5O4/c1-29(2)36-6-4-5-7-37(36)38-27-46(26-30-8-11-40(51-3)39(50)20-30)18-19-48(38)34-23-43(24-34)13-16-47(17-14-43)33-10-9-32(28-49)41(22-33)52-35-21-31-12-15-44-42(31)45-25-35/h4-12,15,20-22,25,28-29,34,38,50H,13-14,16-19,23-24,26-27H2,1-3H3,(H,44,45). The number of aromatic amines is 1. The summed E-state index contributed by atoms with van der Waals surface area (Å²) in [5, 5.41) is 11.4. The molecule has 3 aliphatic rings. The van der Waals surface area contributed by atoms with Gasteiger partial charge in [-0.3, -0.25) is 14.6 Å². The number of carbonyl (C=O) groups excluding carboxylic acids is 1. The van der Waals surface area contributed by atoms with Gasteiger partial charge >= 0.3 is 0 Å². The van der Waals surface area contributed by atoms with Crippen LogP contribution in [0.15, 0.2) is 85.2 Å². The van der Waals surface area contributed by atoms with Gasteiger partial charge in [0.05, 0.1) is 18.9 Å². The van der Waals surface area contributed by atoms with Crippen molar-refractivity contribution < 1.29 is 19.4 Å². The van der Waals surface area contributed by atoms with Crippen LogP contribution in [0.4, 0.5) is 5.69 Å². The number of benzene rings is 3. The Balaban J connectivity index is 0.941. The second-order valence-electron chi connectivity index (χ2n) is 15.4. The summed E-state index contributed by atoms with van der Waals surface area (Å²) in [7, 11) is 1.59. The van der Waals surface area contributed by atoms with Crippen molar-refractivity contribution in [1.29, 1.82) is 0 Å². The number of fused-ring (bicyclic) bond motifs is 1. The summed E-state index contributed by atoms with van der Waals surface area (Å²) in [6, 6.07) is 25.5. The van der Waals surface area contributed by atoms with Crippen LogP contribution < -0.4 is 14.4 Å². The minimum Gasteiger partial charge on any atom is -0.504 e. The number of methoxy groups -OCH3 is 1. The van der Waals surface area contributed by atoms with E-state index in [4.69, 9.17) is 9.47 Å². The summed E-state index contributed by atoms with van der Waals surface area (Å²) in [4.78, 5) is 27.3. The molecular weight excluding hydrogens is 651 g/mol. The van der Waals surface area contributed by atoms with E-state index in [-0.39, 0.29) is 5.75 Å². The number of nitrogens with zero attached hydrogens (tertiary/aromatic N) is 4. The van der Waals surface area contributed by atoms with E-state index in [9.17, 15) is 9.90 Å². The number of piperazine rings is 1. The fraction of sp³-hybridized carbons (Fsp3) is 0.395. The Morgan fingerprint density at radius 2 is 1.81 bits per heavy atom. The Hall–Kier alpha value is -4.86. The van der Waals surface area contributed by atoms with Crippen molar-refractivity contribution >= 4 is 23.0 Å². The molecule has 1 saturated carbocycles. The number of aromatic hydroxyl groups is 1. The van der Waals surface area contributed by atoms with E-state index in [0.29, 0.717) is 46.2 Å². The van der Waals surface area contributed by atoms with Gasteiger partial charge in [0.15, 0.2) is 17.8 Å². The predicted molar refractivity (Wildman–Crippen MR) is 205 cm³/mol. The Morgan fingerprint density at radius 3 is 2.58 bits per heavy atom. The van der Waals surface area contributed by atoms with Gasteiger partial charge in [-0.2, -0.15) is 0 Å². The van der Waals surface area contributed by atoms with Gasteiger partial charge in [0, 0.05) is 74.7 Å². The monoisotopic (exact) mass is 699 g/mol. The molecule has 1 atom stereocenters. The lowest BCUT2D eigenvalue weighted by Crippen LogP contribution is -2.60. The summed E-state index contributed by atoms with van der Waals surface area (Å²) in [5.74, 6) is 2.33. The average Bonchev–Trinajstić information content (AvgIpc) is 3.62. The van der Waals surface area contributed by atoms with E-state index in [0.717, 1.165) is 80.7 Å². The molecule has 1 unspecified atom stereocenters. The third-order valence-electron chi connectivity index (χ3n) is 11.9. The lowest BCUT2D eigenvalue weighted by molar-refractivity contribution is -0.0628. The van der Waals surface area contributed by atoms with Crippen molar-refractivity contribution in [3.63, 3.8) is 0 Å². The molecule has 9 nitrogen and oxygen atoms in total. The van der Waals surface area contributed by atoms with Gasteiger partial charge < -0.3 is 24.5 Å². The number of H-pyrrole nitrogens is 1. The molecule has 2 saturated heterocycles. The van der Waals surface area contributed by atoms with Crippen molar-refractivity contribution in [2.75, 3.05) is 44.7 Å². The normalized spacial score (nSPS) is 19.6. The number of rotatable bonds is 10. The topological polar surface area (TPSA) is 94.2 Å². The fourth-order valence-electron chi connectivity index (χ4n) is 8.97. The van der Waals surface area contributed by atoms with Gasteiger partial charge in [-0.05, 0) is 90.1 Å². The quantitative estimate of drug-likeness (QED) is 0.141. The van der Waals surface area contributed by atoms with Crippen LogP contribution in [0.1, 0.15) is 78.5 Å². The zero-order chi connectivity index (χ0) is 35.8. The smallest absolute Gasteiger partial charge is 0.160 e. The fourth-order valence-corrected chi connectivity index (χ4v) is 8.97. The van der Waals surface area contributed by atoms with Gasteiger partial charge in [-0.1, -0.05) is 44.2 Å². The number of aromatic nitrogens is 2. The van der Waals surface area contributed by atoms with Crippen LogP contribution in [-0.2, 0) is 6.54 Å². The van der Waals surface area contributed by atoms with Crippen molar-refractivity contribution in [1.82, 2.24) is 19.8 Å². The first-order valence-corrected chi connectivity index (χ1v) is 18.7. The van der Waals surface area contributed by atoms with Crippen molar-refractivity contribution in [2.45, 2.75) is 64.1 Å². The maximum absolute atomic E-state index is 11.9. The van der Waals surface area contributed by atoms with Crippen LogP contribution >= 0.6 is 0 Å². The molecule has 1 spiro atoms. The Kier molecular flexibility index (Phi) is 9.40. The second kappa shape index (κ2) is 14.3. The molecule has 52 heavy (non-hydrogen) atoms. The Labute approximate surface area is 306 Å². The SMILES string of the molecule is COc1ccc(CN2CCN(C3CC4(CCN(c5ccc(C=O)c(Oc6cnc7[nH]ccc7c6)c5)CC4)C3)C(c3ccccc3C(C)C)C2)cc1O. The molecule has 2 aromatic heterocycles. The molecule has 2 aliphatic heterocycles.